The third kappa shape index (κ3) is 5.75. The van der Waals surface area contributed by atoms with Crippen molar-refractivity contribution in [3.8, 4) is 5.75 Å². The van der Waals surface area contributed by atoms with E-state index in [9.17, 15) is 4.79 Å². The Balaban J connectivity index is 2.10. The molecule has 1 aromatic rings. The third-order valence-electron chi connectivity index (χ3n) is 7.04. The highest BCUT2D eigenvalue weighted by Crippen LogP contribution is 2.45. The Bertz CT molecular complexity index is 1170. The van der Waals surface area contributed by atoms with Crippen molar-refractivity contribution in [2.45, 2.75) is 59.9 Å². The minimum absolute atomic E-state index is 0.00541. The van der Waals surface area contributed by atoms with E-state index in [-0.39, 0.29) is 17.2 Å². The number of carbonyl (C=O) groups excluding carboxylic acids is 1. The molecule has 0 aromatic heterocycles. The van der Waals surface area contributed by atoms with Crippen molar-refractivity contribution in [1.29, 1.82) is 0 Å². The summed E-state index contributed by atoms with van der Waals surface area (Å²) in [5.74, 6) is 0.840. The lowest BCUT2D eigenvalue weighted by molar-refractivity contribution is -0.113. The fraction of sp³-hybridized carbons (Fsp3) is 0.406. The molecule has 2 aliphatic heterocycles. The first-order valence-corrected chi connectivity index (χ1v) is 12.7. The van der Waals surface area contributed by atoms with Crippen molar-refractivity contribution in [2.75, 3.05) is 20.7 Å². The number of nitrogens with zero attached hydrogens (tertiary/aromatic N) is 2. The van der Waals surface area contributed by atoms with Gasteiger partial charge < -0.3 is 14.5 Å². The summed E-state index contributed by atoms with van der Waals surface area (Å²) in [7, 11) is 3.81. The van der Waals surface area contributed by atoms with Gasteiger partial charge in [-0.1, -0.05) is 45.6 Å². The van der Waals surface area contributed by atoms with Gasteiger partial charge >= 0.3 is 0 Å². The summed E-state index contributed by atoms with van der Waals surface area (Å²) in [6.45, 7) is 23.7. The minimum atomic E-state index is -0.00541. The number of fused-ring (bicyclic) bond motifs is 3. The molecule has 192 valence electrons. The molecule has 3 rings (SSSR count). The molecule has 2 heterocycles. The predicted molar refractivity (Wildman–Crippen MR) is 153 cm³/mol. The van der Waals surface area contributed by atoms with Gasteiger partial charge in [0.1, 0.15) is 5.75 Å². The van der Waals surface area contributed by atoms with Gasteiger partial charge in [-0.3, -0.25) is 4.79 Å². The first-order chi connectivity index (χ1) is 16.9. The van der Waals surface area contributed by atoms with Crippen LogP contribution in [0.5, 0.6) is 5.75 Å². The number of hydrogen-bond acceptors (Lipinski definition) is 4. The molecule has 0 bridgehead atoms. The molecule has 0 N–H and O–H groups in total. The van der Waals surface area contributed by atoms with E-state index in [4.69, 9.17) is 4.74 Å². The zero-order valence-corrected chi connectivity index (χ0v) is 23.2. The highest BCUT2D eigenvalue weighted by Gasteiger charge is 2.38. The number of ether oxygens (including phenoxy) is 1. The maximum absolute atomic E-state index is 12.3. The number of hydrogen-bond donors (Lipinski definition) is 0. The number of rotatable bonds is 9. The number of ketones is 1. The van der Waals surface area contributed by atoms with Gasteiger partial charge in [-0.15, -0.1) is 6.58 Å². The summed E-state index contributed by atoms with van der Waals surface area (Å²) in [6, 6.07) is 4.58. The predicted octanol–water partition coefficient (Wildman–Crippen LogP) is 7.17. The van der Waals surface area contributed by atoms with Crippen LogP contribution in [0.4, 0.5) is 0 Å². The van der Waals surface area contributed by atoms with Crippen LogP contribution in [0.15, 0.2) is 73.1 Å². The average Bonchev–Trinajstić information content (AvgIpc) is 2.79. The van der Waals surface area contributed by atoms with Crippen molar-refractivity contribution < 1.29 is 9.53 Å². The topological polar surface area (TPSA) is 32.8 Å². The molecule has 36 heavy (non-hydrogen) atoms. The van der Waals surface area contributed by atoms with Crippen molar-refractivity contribution in [3.63, 3.8) is 0 Å². The number of Topliss-reactive ketones (excluding diaryl/α,β-unsaturated/α-hetero) is 1. The van der Waals surface area contributed by atoms with E-state index in [2.05, 4.69) is 82.6 Å². The van der Waals surface area contributed by atoms with Crippen LogP contribution in [0.2, 0.25) is 0 Å². The number of benzene rings is 1. The van der Waals surface area contributed by atoms with Crippen LogP contribution < -0.4 is 4.74 Å². The smallest absolute Gasteiger partial charge is 0.161 e. The van der Waals surface area contributed by atoms with Crippen LogP contribution in [0.25, 0.3) is 11.3 Å². The summed E-state index contributed by atoms with van der Waals surface area (Å²) < 4.78 is 5.89. The van der Waals surface area contributed by atoms with E-state index < -0.39 is 0 Å². The van der Waals surface area contributed by atoms with Gasteiger partial charge in [0, 0.05) is 60.0 Å². The van der Waals surface area contributed by atoms with Crippen LogP contribution >= 0.6 is 0 Å². The molecule has 0 radical (unpaired) electrons. The fourth-order valence-corrected chi connectivity index (χ4v) is 5.02. The average molecular weight is 487 g/mol. The van der Waals surface area contributed by atoms with Gasteiger partial charge in [0.05, 0.1) is 7.11 Å². The van der Waals surface area contributed by atoms with Crippen molar-refractivity contribution in [2.24, 2.45) is 5.41 Å². The lowest BCUT2D eigenvalue weighted by Gasteiger charge is -2.46. The molecule has 4 heteroatoms. The summed E-state index contributed by atoms with van der Waals surface area (Å²) >= 11 is 0. The SMILES string of the molecule is C=C/C(=C\N(C)CCCC(=C)C)c1cc2c(cc1OC)C1=CC(=C)C(C(C)=O)=CN1C(C(C)(C)C)C2. The monoisotopic (exact) mass is 486 g/mol. The number of allylic oxidation sites excluding steroid dienone is 6. The summed E-state index contributed by atoms with van der Waals surface area (Å²) in [6.07, 6.45) is 11.0. The van der Waals surface area contributed by atoms with Crippen LogP contribution in [-0.2, 0) is 11.2 Å². The Labute approximate surface area is 218 Å². The molecule has 0 amide bonds. The maximum atomic E-state index is 12.3. The van der Waals surface area contributed by atoms with Crippen LogP contribution in [-0.4, -0.2) is 42.3 Å². The van der Waals surface area contributed by atoms with E-state index in [1.54, 1.807) is 14.0 Å². The minimum Gasteiger partial charge on any atom is -0.496 e. The Morgan fingerprint density at radius 3 is 2.53 bits per heavy atom. The Hall–Kier alpha value is -3.27. The molecule has 0 fully saturated rings. The second-order valence-corrected chi connectivity index (χ2v) is 11.2. The normalized spacial score (nSPS) is 17.5. The van der Waals surface area contributed by atoms with Gasteiger partial charge in [0.25, 0.3) is 0 Å². The lowest BCUT2D eigenvalue weighted by Crippen LogP contribution is -2.45. The van der Waals surface area contributed by atoms with E-state index in [0.29, 0.717) is 5.57 Å². The Morgan fingerprint density at radius 1 is 1.28 bits per heavy atom. The van der Waals surface area contributed by atoms with E-state index in [0.717, 1.165) is 59.5 Å². The second kappa shape index (κ2) is 10.8. The van der Waals surface area contributed by atoms with Gasteiger partial charge in [0.15, 0.2) is 5.78 Å². The third-order valence-corrected chi connectivity index (χ3v) is 7.04. The fourth-order valence-electron chi connectivity index (χ4n) is 5.02. The molecule has 0 aliphatic carbocycles. The number of methoxy groups -OCH3 is 1. The second-order valence-electron chi connectivity index (χ2n) is 11.2. The molecule has 0 spiro atoms. The molecule has 0 saturated heterocycles. The van der Waals surface area contributed by atoms with E-state index in [1.807, 2.05) is 18.4 Å². The molecule has 1 aromatic carbocycles. The van der Waals surface area contributed by atoms with Crippen LogP contribution in [0, 0.1) is 5.41 Å². The van der Waals surface area contributed by atoms with E-state index >= 15 is 0 Å². The van der Waals surface area contributed by atoms with E-state index in [1.165, 1.54) is 11.1 Å². The van der Waals surface area contributed by atoms with Crippen molar-refractivity contribution in [1.82, 2.24) is 9.80 Å². The van der Waals surface area contributed by atoms with Gasteiger partial charge in [-0.25, -0.2) is 0 Å². The molecular weight excluding hydrogens is 444 g/mol. The maximum Gasteiger partial charge on any atom is 0.161 e. The van der Waals surface area contributed by atoms with Gasteiger partial charge in [-0.05, 0) is 67.9 Å². The highest BCUT2D eigenvalue weighted by molar-refractivity contribution is 6.00. The van der Waals surface area contributed by atoms with Gasteiger partial charge in [0.2, 0.25) is 0 Å². The summed E-state index contributed by atoms with van der Waals surface area (Å²) in [5.41, 5.74) is 8.14. The zero-order valence-electron chi connectivity index (χ0n) is 23.2. The van der Waals surface area contributed by atoms with Crippen molar-refractivity contribution >= 4 is 17.1 Å². The molecule has 1 atom stereocenters. The molecule has 2 aliphatic rings. The summed E-state index contributed by atoms with van der Waals surface area (Å²) in [5, 5.41) is 0. The first kappa shape index (κ1) is 27.3. The number of carbonyl (C=O) groups is 1. The van der Waals surface area contributed by atoms with Crippen LogP contribution in [0.3, 0.4) is 0 Å². The largest absolute Gasteiger partial charge is 0.496 e. The molecule has 4 nitrogen and oxygen atoms in total. The lowest BCUT2D eigenvalue weighted by atomic mass is 9.76. The first-order valence-electron chi connectivity index (χ1n) is 12.7. The summed E-state index contributed by atoms with van der Waals surface area (Å²) in [4.78, 5) is 16.8. The molecule has 1 unspecified atom stereocenters. The molecule has 0 saturated carbocycles. The molecular formula is C32H42N2O2. The highest BCUT2D eigenvalue weighted by atomic mass is 16.5. The quantitative estimate of drug-likeness (QED) is 0.274. The Morgan fingerprint density at radius 2 is 1.97 bits per heavy atom. The van der Waals surface area contributed by atoms with Gasteiger partial charge in [-0.2, -0.15) is 0 Å². The van der Waals surface area contributed by atoms with Crippen molar-refractivity contribution in [3.05, 3.63) is 89.8 Å². The Kier molecular flexibility index (Phi) is 8.18. The zero-order chi connectivity index (χ0) is 26.8. The standard InChI is InChI=1S/C32H42N2O2/c1-11-24(19-33(9)14-12-13-21(2)3)27-16-25-17-31(32(6,7)8)34-20-28(23(5)35)22(4)15-29(34)26(25)18-30(27)36-10/h11,15-16,18-20,31H,1-2,4,12-14,17H2,3,5-10H3/b24-19+. The van der Waals surface area contributed by atoms with Crippen LogP contribution in [0.1, 0.15) is 64.2 Å².